The zero-order valence-corrected chi connectivity index (χ0v) is 13.9. The zero-order chi connectivity index (χ0) is 17.2. The molecule has 0 spiro atoms. The van der Waals surface area contributed by atoms with Crippen LogP contribution in [0.3, 0.4) is 0 Å². The molecule has 0 saturated carbocycles. The average molecular weight is 335 g/mol. The molecule has 1 aliphatic heterocycles. The quantitative estimate of drug-likeness (QED) is 0.659. The number of hydrogen-bond donors (Lipinski definition) is 1. The normalized spacial score (nSPS) is 16.9. The molecule has 24 heavy (non-hydrogen) atoms. The van der Waals surface area contributed by atoms with Crippen molar-refractivity contribution in [1.82, 2.24) is 4.90 Å². The number of aliphatic carboxylic acids is 1. The predicted octanol–water partition coefficient (Wildman–Crippen LogP) is 1.73. The van der Waals surface area contributed by atoms with Crippen LogP contribution in [0.25, 0.3) is 0 Å². The molecule has 0 bridgehead atoms. The number of carbonyl (C=O) groups excluding carboxylic acids is 1. The van der Waals surface area contributed by atoms with E-state index in [2.05, 4.69) is 0 Å². The number of carboxylic acid groups (broad SMARTS) is 1. The standard InChI is InChI=1S/C18H25NO5/c20-17(9-12-23-14-16-7-4-11-24-16)19(13-18(21)22)10-8-15-5-2-1-3-6-15/h1-3,5-6,16H,4,7-14H2,(H,21,22). The summed E-state index contributed by atoms with van der Waals surface area (Å²) in [6, 6.07) is 9.71. The van der Waals surface area contributed by atoms with E-state index in [0.717, 1.165) is 25.0 Å². The summed E-state index contributed by atoms with van der Waals surface area (Å²) in [6.45, 7) is 1.67. The van der Waals surface area contributed by atoms with Crippen LogP contribution in [-0.4, -0.2) is 60.9 Å². The van der Waals surface area contributed by atoms with Gasteiger partial charge >= 0.3 is 5.97 Å². The summed E-state index contributed by atoms with van der Waals surface area (Å²) in [6.07, 6.45) is 3.01. The number of hydrogen-bond acceptors (Lipinski definition) is 4. The summed E-state index contributed by atoms with van der Waals surface area (Å²) in [5, 5.41) is 9.00. The molecular formula is C18H25NO5. The highest BCUT2D eigenvalue weighted by molar-refractivity contribution is 5.81. The van der Waals surface area contributed by atoms with Crippen LogP contribution >= 0.6 is 0 Å². The first kappa shape index (κ1) is 18.4. The van der Waals surface area contributed by atoms with Gasteiger partial charge in [-0.2, -0.15) is 0 Å². The monoisotopic (exact) mass is 335 g/mol. The third-order valence-electron chi connectivity index (χ3n) is 3.98. The van der Waals surface area contributed by atoms with Gasteiger partial charge in [0.05, 0.1) is 25.7 Å². The third kappa shape index (κ3) is 6.68. The van der Waals surface area contributed by atoms with Gasteiger partial charge in [-0.3, -0.25) is 9.59 Å². The maximum Gasteiger partial charge on any atom is 0.323 e. The lowest BCUT2D eigenvalue weighted by molar-refractivity contribution is -0.145. The molecule has 0 radical (unpaired) electrons. The van der Waals surface area contributed by atoms with Crippen LogP contribution in [0.5, 0.6) is 0 Å². The molecule has 1 aromatic carbocycles. The summed E-state index contributed by atoms with van der Waals surface area (Å²) in [5.74, 6) is -1.20. The number of ether oxygens (including phenoxy) is 2. The van der Waals surface area contributed by atoms with Gasteiger partial charge < -0.3 is 19.5 Å². The van der Waals surface area contributed by atoms with E-state index < -0.39 is 5.97 Å². The Bertz CT molecular complexity index is 513. The van der Waals surface area contributed by atoms with Gasteiger partial charge in [-0.1, -0.05) is 30.3 Å². The van der Waals surface area contributed by atoms with Crippen LogP contribution < -0.4 is 0 Å². The summed E-state index contributed by atoms with van der Waals surface area (Å²) >= 11 is 0. The van der Waals surface area contributed by atoms with Crippen molar-refractivity contribution in [2.45, 2.75) is 31.8 Å². The molecule has 0 aliphatic carbocycles. The van der Waals surface area contributed by atoms with Crippen molar-refractivity contribution >= 4 is 11.9 Å². The lowest BCUT2D eigenvalue weighted by Crippen LogP contribution is -2.37. The first-order chi connectivity index (χ1) is 11.6. The number of amides is 1. The number of rotatable bonds is 10. The Morgan fingerprint density at radius 1 is 1.29 bits per heavy atom. The lowest BCUT2D eigenvalue weighted by atomic mass is 10.1. The van der Waals surface area contributed by atoms with Crippen molar-refractivity contribution < 1.29 is 24.2 Å². The van der Waals surface area contributed by atoms with Gasteiger partial charge in [-0.05, 0) is 24.8 Å². The largest absolute Gasteiger partial charge is 0.480 e. The van der Waals surface area contributed by atoms with Crippen LogP contribution in [-0.2, 0) is 25.5 Å². The maximum atomic E-state index is 12.2. The molecule has 0 aromatic heterocycles. The highest BCUT2D eigenvalue weighted by atomic mass is 16.5. The van der Waals surface area contributed by atoms with Crippen molar-refractivity contribution in [3.63, 3.8) is 0 Å². The molecular weight excluding hydrogens is 310 g/mol. The minimum absolute atomic E-state index is 0.133. The van der Waals surface area contributed by atoms with E-state index in [4.69, 9.17) is 14.6 Å². The molecule has 132 valence electrons. The molecule has 1 unspecified atom stereocenters. The average Bonchev–Trinajstić information content (AvgIpc) is 3.09. The Morgan fingerprint density at radius 3 is 2.75 bits per heavy atom. The van der Waals surface area contributed by atoms with E-state index in [-0.39, 0.29) is 25.0 Å². The topological polar surface area (TPSA) is 76.1 Å². The predicted molar refractivity (Wildman–Crippen MR) is 88.8 cm³/mol. The summed E-state index contributed by atoms with van der Waals surface area (Å²) in [4.78, 5) is 24.6. The van der Waals surface area contributed by atoms with Crippen molar-refractivity contribution in [2.75, 3.05) is 32.9 Å². The number of carboxylic acids is 1. The molecule has 1 saturated heterocycles. The molecule has 1 aliphatic rings. The van der Waals surface area contributed by atoms with E-state index in [9.17, 15) is 9.59 Å². The van der Waals surface area contributed by atoms with Crippen molar-refractivity contribution in [3.05, 3.63) is 35.9 Å². The van der Waals surface area contributed by atoms with Crippen molar-refractivity contribution in [2.24, 2.45) is 0 Å². The molecule has 1 atom stereocenters. The lowest BCUT2D eigenvalue weighted by Gasteiger charge is -2.21. The van der Waals surface area contributed by atoms with E-state index in [1.165, 1.54) is 4.90 Å². The van der Waals surface area contributed by atoms with Gasteiger partial charge in [0.25, 0.3) is 0 Å². The van der Waals surface area contributed by atoms with Gasteiger partial charge in [-0.25, -0.2) is 0 Å². The van der Waals surface area contributed by atoms with Crippen LogP contribution in [0.1, 0.15) is 24.8 Å². The number of nitrogens with zero attached hydrogens (tertiary/aromatic N) is 1. The van der Waals surface area contributed by atoms with Crippen LogP contribution in [0, 0.1) is 0 Å². The fourth-order valence-electron chi connectivity index (χ4n) is 2.67. The van der Waals surface area contributed by atoms with Crippen LogP contribution in [0.15, 0.2) is 30.3 Å². The number of benzene rings is 1. The molecule has 6 nitrogen and oxygen atoms in total. The number of carbonyl (C=O) groups is 2. The Kier molecular flexibility index (Phi) is 7.71. The Hall–Kier alpha value is -1.92. The summed E-state index contributed by atoms with van der Waals surface area (Å²) < 4.78 is 10.9. The smallest absolute Gasteiger partial charge is 0.323 e. The fraction of sp³-hybridized carbons (Fsp3) is 0.556. The van der Waals surface area contributed by atoms with Gasteiger partial charge in [0, 0.05) is 13.2 Å². The SMILES string of the molecule is O=C(O)CN(CCc1ccccc1)C(=O)CCOCC1CCCO1. The van der Waals surface area contributed by atoms with E-state index >= 15 is 0 Å². The molecule has 1 amide bonds. The first-order valence-electron chi connectivity index (χ1n) is 8.38. The molecule has 2 rings (SSSR count). The van der Waals surface area contributed by atoms with Gasteiger partial charge in [0.15, 0.2) is 0 Å². The molecule has 1 N–H and O–H groups in total. The Morgan fingerprint density at radius 2 is 2.08 bits per heavy atom. The van der Waals surface area contributed by atoms with Crippen LogP contribution in [0.2, 0.25) is 0 Å². The van der Waals surface area contributed by atoms with Crippen molar-refractivity contribution in [3.8, 4) is 0 Å². The van der Waals surface area contributed by atoms with E-state index in [0.29, 0.717) is 26.2 Å². The second-order valence-corrected chi connectivity index (χ2v) is 5.90. The minimum Gasteiger partial charge on any atom is -0.480 e. The van der Waals surface area contributed by atoms with Gasteiger partial charge in [0.2, 0.25) is 5.91 Å². The first-order valence-corrected chi connectivity index (χ1v) is 8.38. The maximum absolute atomic E-state index is 12.2. The highest BCUT2D eigenvalue weighted by Gasteiger charge is 2.18. The summed E-state index contributed by atoms with van der Waals surface area (Å²) in [5.41, 5.74) is 1.08. The summed E-state index contributed by atoms with van der Waals surface area (Å²) in [7, 11) is 0. The zero-order valence-electron chi connectivity index (χ0n) is 13.9. The Labute approximate surface area is 142 Å². The highest BCUT2D eigenvalue weighted by Crippen LogP contribution is 2.12. The molecule has 1 fully saturated rings. The Balaban J connectivity index is 1.73. The second kappa shape index (κ2) is 10.1. The van der Waals surface area contributed by atoms with Gasteiger partial charge in [0.1, 0.15) is 6.54 Å². The molecule has 1 heterocycles. The minimum atomic E-state index is -1.00. The molecule has 6 heteroatoms. The molecule has 1 aromatic rings. The van der Waals surface area contributed by atoms with Crippen LogP contribution in [0.4, 0.5) is 0 Å². The van der Waals surface area contributed by atoms with Crippen molar-refractivity contribution in [1.29, 1.82) is 0 Å². The third-order valence-corrected chi connectivity index (χ3v) is 3.98. The fourth-order valence-corrected chi connectivity index (χ4v) is 2.67. The van der Waals surface area contributed by atoms with E-state index in [1.54, 1.807) is 0 Å². The second-order valence-electron chi connectivity index (χ2n) is 5.90. The van der Waals surface area contributed by atoms with E-state index in [1.807, 2.05) is 30.3 Å². The van der Waals surface area contributed by atoms with Gasteiger partial charge in [-0.15, -0.1) is 0 Å².